The molecule has 2 amide bonds. The summed E-state index contributed by atoms with van der Waals surface area (Å²) in [6.07, 6.45) is 3.85. The summed E-state index contributed by atoms with van der Waals surface area (Å²) >= 11 is 0. The minimum absolute atomic E-state index is 0. The lowest BCUT2D eigenvalue weighted by Gasteiger charge is -2.27. The van der Waals surface area contributed by atoms with Crippen LogP contribution in [0.25, 0.3) is 0 Å². The molecule has 158 valence electrons. The molecule has 1 aromatic heterocycles. The molecule has 2 atom stereocenters. The maximum Gasteiger partial charge on any atom is 0.253 e. The molecular formula is C21H30ClN5O2. The number of carbonyl (C=O) groups is 2. The lowest BCUT2D eigenvalue weighted by molar-refractivity contribution is -0.135. The van der Waals surface area contributed by atoms with E-state index in [1.54, 1.807) is 23.7 Å². The zero-order valence-corrected chi connectivity index (χ0v) is 18.3. The van der Waals surface area contributed by atoms with Gasteiger partial charge in [-0.1, -0.05) is 12.1 Å². The second kappa shape index (κ2) is 9.89. The molecule has 0 saturated carbocycles. The van der Waals surface area contributed by atoms with Crippen LogP contribution in [0.1, 0.15) is 34.3 Å². The molecule has 0 radical (unpaired) electrons. The summed E-state index contributed by atoms with van der Waals surface area (Å²) in [6, 6.07) is 7.51. The highest BCUT2D eigenvalue weighted by Gasteiger charge is 2.36. The number of aromatic nitrogens is 2. The molecule has 0 bridgehead atoms. The van der Waals surface area contributed by atoms with Gasteiger partial charge in [-0.2, -0.15) is 5.10 Å². The van der Waals surface area contributed by atoms with E-state index >= 15 is 0 Å². The molecule has 1 aliphatic heterocycles. The molecular weight excluding hydrogens is 390 g/mol. The first-order chi connectivity index (χ1) is 13.4. The van der Waals surface area contributed by atoms with Crippen molar-refractivity contribution in [2.75, 3.05) is 33.7 Å². The van der Waals surface area contributed by atoms with Crippen LogP contribution in [0, 0.1) is 5.92 Å². The van der Waals surface area contributed by atoms with E-state index in [9.17, 15) is 9.59 Å². The lowest BCUT2D eigenvalue weighted by Crippen LogP contribution is -2.38. The van der Waals surface area contributed by atoms with Gasteiger partial charge < -0.3 is 15.1 Å². The third kappa shape index (κ3) is 5.16. The number of aryl methyl sites for hydroxylation is 1. The smallest absolute Gasteiger partial charge is 0.253 e. The second-order valence-electron chi connectivity index (χ2n) is 7.57. The Kier molecular flexibility index (Phi) is 7.81. The highest BCUT2D eigenvalue weighted by atomic mass is 35.5. The molecule has 1 fully saturated rings. The van der Waals surface area contributed by atoms with Crippen LogP contribution >= 0.6 is 12.4 Å². The number of hydrogen-bond donors (Lipinski definition) is 1. The summed E-state index contributed by atoms with van der Waals surface area (Å²) < 4.78 is 1.78. The van der Waals surface area contributed by atoms with Gasteiger partial charge in [0.1, 0.15) is 0 Å². The van der Waals surface area contributed by atoms with Crippen molar-refractivity contribution in [3.8, 4) is 0 Å². The van der Waals surface area contributed by atoms with Gasteiger partial charge in [0.05, 0.1) is 12.1 Å². The van der Waals surface area contributed by atoms with E-state index < -0.39 is 0 Å². The fraction of sp³-hybridized carbons (Fsp3) is 0.476. The average molecular weight is 420 g/mol. The molecule has 1 aliphatic rings. The summed E-state index contributed by atoms with van der Waals surface area (Å²) in [5, 5.41) is 7.61. The Hall–Kier alpha value is -2.38. The van der Waals surface area contributed by atoms with Gasteiger partial charge in [0.25, 0.3) is 5.91 Å². The third-order valence-electron chi connectivity index (χ3n) is 5.36. The zero-order valence-electron chi connectivity index (χ0n) is 17.5. The minimum Gasteiger partial charge on any atom is -0.345 e. The standard InChI is InChI=1S/C21H29N5O2.ClH/c1-5-26(13-15-6-8-16(9-7-15)20(27)24(2)3)21(28)19-12-22-11-18(19)17-10-23-25(4)14-17;/h6-10,14,18-19,22H,5,11-13H2,1-4H3;1H/t18-,19+;/m1./s1. The summed E-state index contributed by atoms with van der Waals surface area (Å²) in [7, 11) is 5.37. The van der Waals surface area contributed by atoms with Gasteiger partial charge in [0, 0.05) is 65.0 Å². The molecule has 1 saturated heterocycles. The fourth-order valence-electron chi connectivity index (χ4n) is 3.73. The van der Waals surface area contributed by atoms with Gasteiger partial charge in [0.2, 0.25) is 5.91 Å². The third-order valence-corrected chi connectivity index (χ3v) is 5.36. The summed E-state index contributed by atoms with van der Waals surface area (Å²) in [6.45, 7) is 4.67. The number of benzene rings is 1. The summed E-state index contributed by atoms with van der Waals surface area (Å²) in [4.78, 5) is 28.7. The van der Waals surface area contributed by atoms with Crippen LogP contribution in [-0.2, 0) is 18.4 Å². The van der Waals surface area contributed by atoms with Gasteiger partial charge in [-0.25, -0.2) is 0 Å². The molecule has 7 nitrogen and oxygen atoms in total. The number of nitrogens with zero attached hydrogens (tertiary/aromatic N) is 4. The first kappa shape index (κ1) is 22.9. The lowest BCUT2D eigenvalue weighted by atomic mass is 9.89. The summed E-state index contributed by atoms with van der Waals surface area (Å²) in [5.41, 5.74) is 2.78. The van der Waals surface area contributed by atoms with Crippen LogP contribution < -0.4 is 5.32 Å². The van der Waals surface area contributed by atoms with Crippen LogP contribution in [0.5, 0.6) is 0 Å². The van der Waals surface area contributed by atoms with Crippen molar-refractivity contribution < 1.29 is 9.59 Å². The normalized spacial score (nSPS) is 18.2. The SMILES string of the molecule is CCN(Cc1ccc(C(=O)N(C)C)cc1)C(=O)[C@H]1CNC[C@@H]1c1cnn(C)c1.Cl. The molecule has 3 rings (SSSR count). The molecule has 0 spiro atoms. The predicted octanol–water partition coefficient (Wildman–Crippen LogP) is 1.90. The van der Waals surface area contributed by atoms with Gasteiger partial charge >= 0.3 is 0 Å². The molecule has 2 aromatic rings. The van der Waals surface area contributed by atoms with Gasteiger partial charge in [-0.3, -0.25) is 14.3 Å². The Bertz CT molecular complexity index is 834. The molecule has 0 aliphatic carbocycles. The Balaban J connectivity index is 0.00000300. The van der Waals surface area contributed by atoms with Gasteiger partial charge in [-0.15, -0.1) is 12.4 Å². The molecule has 1 aromatic carbocycles. The number of rotatable bonds is 6. The number of nitrogens with one attached hydrogen (secondary N) is 1. The van der Waals surface area contributed by atoms with Crippen molar-refractivity contribution in [1.82, 2.24) is 24.9 Å². The van der Waals surface area contributed by atoms with Crippen LogP contribution in [0.15, 0.2) is 36.7 Å². The highest BCUT2D eigenvalue weighted by molar-refractivity contribution is 5.93. The van der Waals surface area contributed by atoms with E-state index in [-0.39, 0.29) is 36.1 Å². The minimum atomic E-state index is -0.0845. The average Bonchev–Trinajstić information content (AvgIpc) is 3.34. The van der Waals surface area contributed by atoms with Crippen molar-refractivity contribution in [3.63, 3.8) is 0 Å². The quantitative estimate of drug-likeness (QED) is 0.776. The summed E-state index contributed by atoms with van der Waals surface area (Å²) in [5.74, 6) is 0.204. The number of carbonyl (C=O) groups excluding carboxylic acids is 2. The first-order valence-electron chi connectivity index (χ1n) is 9.69. The van der Waals surface area contributed by atoms with E-state index in [2.05, 4.69) is 10.4 Å². The maximum absolute atomic E-state index is 13.2. The van der Waals surface area contributed by atoms with Crippen molar-refractivity contribution in [1.29, 1.82) is 0 Å². The van der Waals surface area contributed by atoms with E-state index in [1.165, 1.54) is 0 Å². The first-order valence-corrected chi connectivity index (χ1v) is 9.69. The number of halogens is 1. The number of hydrogen-bond acceptors (Lipinski definition) is 4. The van der Waals surface area contributed by atoms with Crippen LogP contribution in [0.3, 0.4) is 0 Å². The van der Waals surface area contributed by atoms with Crippen molar-refractivity contribution in [2.24, 2.45) is 13.0 Å². The largest absolute Gasteiger partial charge is 0.345 e. The predicted molar refractivity (Wildman–Crippen MR) is 115 cm³/mol. The van der Waals surface area contributed by atoms with Crippen LogP contribution in [0.4, 0.5) is 0 Å². The molecule has 8 heteroatoms. The van der Waals surface area contributed by atoms with Crippen molar-refractivity contribution in [2.45, 2.75) is 19.4 Å². The van der Waals surface area contributed by atoms with Crippen LogP contribution in [0.2, 0.25) is 0 Å². The maximum atomic E-state index is 13.2. The highest BCUT2D eigenvalue weighted by Crippen LogP contribution is 2.29. The van der Waals surface area contributed by atoms with Gasteiger partial charge in [0.15, 0.2) is 0 Å². The Morgan fingerprint density at radius 3 is 2.45 bits per heavy atom. The molecule has 1 N–H and O–H groups in total. The number of amides is 2. The Labute approximate surface area is 178 Å². The Morgan fingerprint density at radius 1 is 1.21 bits per heavy atom. The molecule has 29 heavy (non-hydrogen) atoms. The van der Waals surface area contributed by atoms with Crippen LogP contribution in [-0.4, -0.2) is 65.1 Å². The van der Waals surface area contributed by atoms with E-state index in [0.29, 0.717) is 25.2 Å². The topological polar surface area (TPSA) is 70.5 Å². The molecule has 0 unspecified atom stereocenters. The monoisotopic (exact) mass is 419 g/mol. The van der Waals surface area contributed by atoms with E-state index in [0.717, 1.165) is 17.7 Å². The van der Waals surface area contributed by atoms with E-state index in [1.807, 2.05) is 55.5 Å². The fourth-order valence-corrected chi connectivity index (χ4v) is 3.73. The van der Waals surface area contributed by atoms with E-state index in [4.69, 9.17) is 0 Å². The van der Waals surface area contributed by atoms with Crippen molar-refractivity contribution >= 4 is 24.2 Å². The zero-order chi connectivity index (χ0) is 20.3. The van der Waals surface area contributed by atoms with Crippen molar-refractivity contribution in [3.05, 3.63) is 53.3 Å². The van der Waals surface area contributed by atoms with Gasteiger partial charge in [-0.05, 0) is 30.2 Å². The Morgan fingerprint density at radius 2 is 1.90 bits per heavy atom. The second-order valence-corrected chi connectivity index (χ2v) is 7.57. The molecule has 2 heterocycles.